The molecule has 0 radical (unpaired) electrons. The zero-order valence-electron chi connectivity index (χ0n) is 14.6. The van der Waals surface area contributed by atoms with Crippen molar-refractivity contribution in [2.75, 3.05) is 24.7 Å². The van der Waals surface area contributed by atoms with Gasteiger partial charge in [-0.15, -0.1) is 11.8 Å². The topological polar surface area (TPSA) is 65.5 Å². The molecule has 2 heterocycles. The Morgan fingerprint density at radius 2 is 2.04 bits per heavy atom. The molecule has 0 bridgehead atoms. The molecule has 5 nitrogen and oxygen atoms in total. The van der Waals surface area contributed by atoms with Crippen LogP contribution in [0.25, 0.3) is 11.3 Å². The molecule has 1 saturated heterocycles. The van der Waals surface area contributed by atoms with Gasteiger partial charge in [-0.1, -0.05) is 18.2 Å². The summed E-state index contributed by atoms with van der Waals surface area (Å²) in [5.41, 5.74) is 0.795. The van der Waals surface area contributed by atoms with Crippen molar-refractivity contribution in [3.8, 4) is 11.3 Å². The third-order valence-corrected chi connectivity index (χ3v) is 5.43. The number of rotatable bonds is 4. The summed E-state index contributed by atoms with van der Waals surface area (Å²) in [4.78, 5) is 17.0. The molecule has 1 aromatic carbocycles. The lowest BCUT2D eigenvalue weighted by atomic mass is 10.0. The lowest BCUT2D eigenvalue weighted by Gasteiger charge is -2.17. The second-order valence-corrected chi connectivity index (χ2v) is 7.53. The number of pyridine rings is 1. The molecule has 1 aliphatic heterocycles. The number of alkyl halides is 3. The van der Waals surface area contributed by atoms with E-state index in [0.717, 1.165) is 17.7 Å². The lowest BCUT2D eigenvalue weighted by molar-refractivity contribution is -0.139. The molecule has 1 aliphatic rings. The molecule has 0 aliphatic carbocycles. The van der Waals surface area contributed by atoms with Gasteiger partial charge in [-0.05, 0) is 23.8 Å². The zero-order valence-corrected chi connectivity index (χ0v) is 15.4. The van der Waals surface area contributed by atoms with E-state index in [-0.39, 0.29) is 16.9 Å². The van der Waals surface area contributed by atoms with Crippen LogP contribution in [0, 0.1) is 0 Å². The van der Waals surface area contributed by atoms with Crippen LogP contribution in [0.15, 0.2) is 36.4 Å². The number of benzene rings is 1. The minimum Gasteiger partial charge on any atom is -0.480 e. The Kier molecular flexibility index (Phi) is 5.34. The van der Waals surface area contributed by atoms with E-state index in [1.165, 1.54) is 16.7 Å². The van der Waals surface area contributed by atoms with Gasteiger partial charge in [0.15, 0.2) is 0 Å². The summed E-state index contributed by atoms with van der Waals surface area (Å²) in [5, 5.41) is 11.9. The number of carbonyl (C=O) groups is 1. The highest BCUT2D eigenvalue weighted by Gasteiger charge is 2.33. The zero-order chi connectivity index (χ0) is 19.8. The Hall–Kier alpha value is -2.26. The number of anilines is 1. The van der Waals surface area contributed by atoms with Crippen molar-refractivity contribution in [3.63, 3.8) is 0 Å². The second-order valence-electron chi connectivity index (χ2n) is 6.39. The van der Waals surface area contributed by atoms with Gasteiger partial charge in [-0.25, -0.2) is 4.98 Å². The predicted molar refractivity (Wildman–Crippen MR) is 98.8 cm³/mol. The number of hydrogen-bond acceptors (Lipinski definition) is 5. The molecule has 144 valence electrons. The number of hydrogen-bond donors (Lipinski definition) is 2. The molecular formula is C18H18F3N3O2S. The van der Waals surface area contributed by atoms with Gasteiger partial charge in [-0.2, -0.15) is 13.2 Å². The Morgan fingerprint density at radius 3 is 2.63 bits per heavy atom. The Bertz CT molecular complexity index is 858. The first-order valence-corrected chi connectivity index (χ1v) is 9.17. The van der Waals surface area contributed by atoms with Crippen LogP contribution in [-0.4, -0.2) is 41.9 Å². The molecule has 2 N–H and O–H groups in total. The maximum Gasteiger partial charge on any atom is 0.416 e. The van der Waals surface area contributed by atoms with Crippen LogP contribution < -0.4 is 10.2 Å². The van der Waals surface area contributed by atoms with Crippen molar-refractivity contribution in [3.05, 3.63) is 47.5 Å². The van der Waals surface area contributed by atoms with Crippen molar-refractivity contribution in [2.24, 2.45) is 0 Å². The second kappa shape index (κ2) is 7.40. The summed E-state index contributed by atoms with van der Waals surface area (Å²) >= 11 is 1.45. The first-order chi connectivity index (χ1) is 12.6. The van der Waals surface area contributed by atoms with Crippen LogP contribution in [0.3, 0.4) is 0 Å². The number of thioether (sulfide) groups is 1. The van der Waals surface area contributed by atoms with Crippen LogP contribution in [0.4, 0.5) is 19.0 Å². The van der Waals surface area contributed by atoms with Crippen LogP contribution in [-0.2, 0) is 11.0 Å². The van der Waals surface area contributed by atoms with E-state index in [4.69, 9.17) is 5.11 Å². The summed E-state index contributed by atoms with van der Waals surface area (Å²) in [7, 11) is 3.27. The Balaban J connectivity index is 1.97. The maximum absolute atomic E-state index is 13.3. The van der Waals surface area contributed by atoms with E-state index < -0.39 is 23.8 Å². The van der Waals surface area contributed by atoms with E-state index in [1.807, 2.05) is 6.07 Å². The van der Waals surface area contributed by atoms with Gasteiger partial charge in [0, 0.05) is 25.4 Å². The Labute approximate surface area is 158 Å². The molecule has 3 rings (SSSR count). The van der Waals surface area contributed by atoms with Gasteiger partial charge in [0.1, 0.15) is 11.9 Å². The molecule has 0 spiro atoms. The van der Waals surface area contributed by atoms with E-state index in [0.29, 0.717) is 11.3 Å². The fraction of sp³-hybridized carbons (Fsp3) is 0.333. The first-order valence-electron chi connectivity index (χ1n) is 8.12. The van der Waals surface area contributed by atoms with Gasteiger partial charge < -0.3 is 10.0 Å². The SMILES string of the molecule is CN(C)c1cc(C(F)(F)F)cc(-c2cccc(C3N[C@@H](C(=O)O)CS3)c2)n1. The quantitative estimate of drug-likeness (QED) is 0.822. The molecule has 2 atom stereocenters. The van der Waals surface area contributed by atoms with E-state index >= 15 is 0 Å². The summed E-state index contributed by atoms with van der Waals surface area (Å²) in [6.45, 7) is 0. The minimum absolute atomic E-state index is 0.213. The largest absolute Gasteiger partial charge is 0.480 e. The number of aliphatic carboxylic acids is 1. The summed E-state index contributed by atoms with van der Waals surface area (Å²) in [6.07, 6.45) is -4.47. The van der Waals surface area contributed by atoms with Crippen molar-refractivity contribution < 1.29 is 23.1 Å². The highest BCUT2D eigenvalue weighted by molar-refractivity contribution is 7.99. The Morgan fingerprint density at radius 1 is 1.30 bits per heavy atom. The summed E-state index contributed by atoms with van der Waals surface area (Å²) in [6, 6.07) is 8.39. The summed E-state index contributed by atoms with van der Waals surface area (Å²) < 4.78 is 39.8. The average molecular weight is 397 g/mol. The van der Waals surface area contributed by atoms with E-state index in [1.54, 1.807) is 32.3 Å². The lowest BCUT2D eigenvalue weighted by Crippen LogP contribution is -2.33. The molecule has 0 amide bonds. The third kappa shape index (κ3) is 4.36. The molecule has 1 fully saturated rings. The van der Waals surface area contributed by atoms with Crippen molar-refractivity contribution in [1.29, 1.82) is 0 Å². The molecule has 0 saturated carbocycles. The highest BCUT2D eigenvalue weighted by Crippen LogP contribution is 2.36. The molecule has 9 heteroatoms. The monoisotopic (exact) mass is 397 g/mol. The molecule has 2 aromatic rings. The number of aromatic nitrogens is 1. The van der Waals surface area contributed by atoms with Gasteiger partial charge in [0.25, 0.3) is 0 Å². The third-order valence-electron chi connectivity index (χ3n) is 4.16. The fourth-order valence-electron chi connectivity index (χ4n) is 2.72. The van der Waals surface area contributed by atoms with Crippen LogP contribution in [0.2, 0.25) is 0 Å². The maximum atomic E-state index is 13.3. The number of halogens is 3. The highest BCUT2D eigenvalue weighted by atomic mass is 32.2. The van der Waals surface area contributed by atoms with E-state index in [2.05, 4.69) is 10.3 Å². The molecule has 1 unspecified atom stereocenters. The fourth-order valence-corrected chi connectivity index (χ4v) is 3.95. The normalized spacial score (nSPS) is 19.9. The number of nitrogens with zero attached hydrogens (tertiary/aromatic N) is 2. The van der Waals surface area contributed by atoms with Crippen molar-refractivity contribution in [1.82, 2.24) is 10.3 Å². The standard InChI is InChI=1S/C18H18F3N3O2S/c1-24(2)15-8-12(18(19,20)21)7-13(22-15)10-4-3-5-11(6-10)16-23-14(9-27-16)17(25)26/h3-8,14,16,23H,9H2,1-2H3,(H,25,26)/t14-,16?/m1/s1. The van der Waals surface area contributed by atoms with Crippen molar-refractivity contribution in [2.45, 2.75) is 17.6 Å². The van der Waals surface area contributed by atoms with E-state index in [9.17, 15) is 18.0 Å². The van der Waals surface area contributed by atoms with Crippen LogP contribution >= 0.6 is 11.8 Å². The smallest absolute Gasteiger partial charge is 0.416 e. The first kappa shape index (κ1) is 19.5. The summed E-state index contributed by atoms with van der Waals surface area (Å²) in [5.74, 6) is -0.280. The van der Waals surface area contributed by atoms with Crippen LogP contribution in [0.1, 0.15) is 16.5 Å². The predicted octanol–water partition coefficient (Wildman–Crippen LogP) is 3.62. The van der Waals surface area contributed by atoms with Crippen LogP contribution in [0.5, 0.6) is 0 Å². The number of carboxylic acid groups (broad SMARTS) is 1. The number of nitrogens with one attached hydrogen (secondary N) is 1. The van der Waals surface area contributed by atoms with Gasteiger partial charge in [0.05, 0.1) is 16.6 Å². The minimum atomic E-state index is -4.47. The molecule has 1 aromatic heterocycles. The average Bonchev–Trinajstić information content (AvgIpc) is 3.11. The van der Waals surface area contributed by atoms with Gasteiger partial charge in [-0.3, -0.25) is 10.1 Å². The number of carboxylic acids is 1. The van der Waals surface area contributed by atoms with Gasteiger partial charge in [0.2, 0.25) is 0 Å². The van der Waals surface area contributed by atoms with Gasteiger partial charge >= 0.3 is 12.1 Å². The molecule has 27 heavy (non-hydrogen) atoms. The van der Waals surface area contributed by atoms with Crippen molar-refractivity contribution >= 4 is 23.5 Å². The molecular weight excluding hydrogens is 379 g/mol.